The lowest BCUT2D eigenvalue weighted by Gasteiger charge is -2.31. The molecule has 2 aromatic carbocycles. The van der Waals surface area contributed by atoms with Crippen LogP contribution in [0.25, 0.3) is 0 Å². The molecule has 2 aromatic rings. The second-order valence-corrected chi connectivity index (χ2v) is 9.87. The molecule has 1 atom stereocenters. The third-order valence-corrected chi connectivity index (χ3v) is 7.35. The number of sulfonamides is 1. The van der Waals surface area contributed by atoms with Crippen molar-refractivity contribution >= 4 is 49.1 Å². The molecule has 0 bridgehead atoms. The Kier molecular flexibility index (Phi) is 6.83. The van der Waals surface area contributed by atoms with Gasteiger partial charge in [-0.1, -0.05) is 27.5 Å². The first-order valence-electron chi connectivity index (χ1n) is 8.82. The molecule has 1 aliphatic rings. The van der Waals surface area contributed by atoms with Crippen molar-refractivity contribution in [2.75, 3.05) is 25.5 Å². The highest BCUT2D eigenvalue weighted by Gasteiger charge is 2.33. The molecule has 1 saturated heterocycles. The number of rotatable bonds is 5. The molecule has 156 valence electrons. The Hall–Kier alpha value is -1.68. The molecular formula is C19H19BrClFN2O4S. The van der Waals surface area contributed by atoms with Gasteiger partial charge >= 0.3 is 0 Å². The molecule has 0 aliphatic carbocycles. The molecule has 0 spiro atoms. The zero-order chi connectivity index (χ0) is 21.2. The fraction of sp³-hybridized carbons (Fsp3) is 0.316. The Morgan fingerprint density at radius 3 is 2.72 bits per heavy atom. The molecule has 1 aliphatic heterocycles. The van der Waals surface area contributed by atoms with Gasteiger partial charge in [0.25, 0.3) is 0 Å². The summed E-state index contributed by atoms with van der Waals surface area (Å²) in [5.41, 5.74) is 0.0557. The molecule has 0 aromatic heterocycles. The van der Waals surface area contributed by atoms with E-state index in [0.717, 1.165) is 0 Å². The second kappa shape index (κ2) is 8.99. The summed E-state index contributed by atoms with van der Waals surface area (Å²) in [6.45, 7) is 0.304. The number of carbonyl (C=O) groups excluding carboxylic acids is 1. The Bertz CT molecular complexity index is 1030. The molecule has 1 fully saturated rings. The number of nitrogens with one attached hydrogen (secondary N) is 1. The summed E-state index contributed by atoms with van der Waals surface area (Å²) in [4.78, 5) is 12.6. The van der Waals surface area contributed by atoms with Gasteiger partial charge in [-0.05, 0) is 49.2 Å². The fourth-order valence-electron chi connectivity index (χ4n) is 3.16. The van der Waals surface area contributed by atoms with Crippen molar-refractivity contribution in [1.82, 2.24) is 4.31 Å². The zero-order valence-electron chi connectivity index (χ0n) is 15.5. The zero-order valence-corrected chi connectivity index (χ0v) is 18.7. The molecule has 1 unspecified atom stereocenters. The molecule has 29 heavy (non-hydrogen) atoms. The highest BCUT2D eigenvalue weighted by molar-refractivity contribution is 9.10. The van der Waals surface area contributed by atoms with Gasteiger partial charge in [0.1, 0.15) is 11.6 Å². The van der Waals surface area contributed by atoms with Gasteiger partial charge in [0.2, 0.25) is 15.9 Å². The van der Waals surface area contributed by atoms with Gasteiger partial charge < -0.3 is 10.1 Å². The molecule has 0 saturated carbocycles. The molecule has 1 amide bonds. The van der Waals surface area contributed by atoms with Crippen LogP contribution in [0.1, 0.15) is 12.8 Å². The van der Waals surface area contributed by atoms with Gasteiger partial charge in [-0.25, -0.2) is 12.8 Å². The van der Waals surface area contributed by atoms with E-state index in [1.165, 1.54) is 41.7 Å². The standard InChI is InChI=1S/C19H19BrClFN2O4S/c1-28-18-7-5-14(10-15(18)21)29(26,27)24-8-2-3-12(11-24)19(25)23-17-6-4-13(20)9-16(17)22/h4-7,9-10,12H,2-3,8,11H2,1H3,(H,23,25). The van der Waals surface area contributed by atoms with E-state index in [4.69, 9.17) is 16.3 Å². The lowest BCUT2D eigenvalue weighted by Crippen LogP contribution is -2.43. The number of hydrogen-bond donors (Lipinski definition) is 1. The summed E-state index contributed by atoms with van der Waals surface area (Å²) in [6, 6.07) is 8.55. The van der Waals surface area contributed by atoms with Crippen LogP contribution in [0, 0.1) is 11.7 Å². The lowest BCUT2D eigenvalue weighted by molar-refractivity contribution is -0.120. The summed E-state index contributed by atoms with van der Waals surface area (Å²) in [5, 5.41) is 2.73. The van der Waals surface area contributed by atoms with Crippen molar-refractivity contribution < 1.29 is 22.3 Å². The smallest absolute Gasteiger partial charge is 0.243 e. The molecule has 3 rings (SSSR count). The maximum atomic E-state index is 14.0. The maximum Gasteiger partial charge on any atom is 0.243 e. The number of nitrogens with zero attached hydrogens (tertiary/aromatic N) is 1. The van der Waals surface area contributed by atoms with Crippen LogP contribution in [0.4, 0.5) is 10.1 Å². The predicted molar refractivity (Wildman–Crippen MR) is 112 cm³/mol. The van der Waals surface area contributed by atoms with Gasteiger partial charge in [0, 0.05) is 17.6 Å². The van der Waals surface area contributed by atoms with Crippen LogP contribution in [-0.4, -0.2) is 38.8 Å². The highest BCUT2D eigenvalue weighted by Crippen LogP contribution is 2.30. The van der Waals surface area contributed by atoms with Gasteiger partial charge in [-0.3, -0.25) is 4.79 Å². The van der Waals surface area contributed by atoms with Crippen LogP contribution in [0.3, 0.4) is 0 Å². The van der Waals surface area contributed by atoms with Crippen LogP contribution >= 0.6 is 27.5 Å². The molecule has 1 heterocycles. The summed E-state index contributed by atoms with van der Waals surface area (Å²) in [7, 11) is -2.39. The van der Waals surface area contributed by atoms with Gasteiger partial charge in [-0.2, -0.15) is 4.31 Å². The molecule has 6 nitrogen and oxygen atoms in total. The van der Waals surface area contributed by atoms with E-state index in [0.29, 0.717) is 29.6 Å². The molecule has 1 N–H and O–H groups in total. The number of benzene rings is 2. The van der Waals surface area contributed by atoms with Crippen molar-refractivity contribution in [3.63, 3.8) is 0 Å². The SMILES string of the molecule is COc1ccc(S(=O)(=O)N2CCCC(C(=O)Nc3ccc(Br)cc3F)C2)cc1Cl. The Labute approximate surface area is 182 Å². The number of piperidine rings is 1. The number of ether oxygens (including phenoxy) is 1. The van der Waals surface area contributed by atoms with Gasteiger partial charge in [0.05, 0.1) is 28.6 Å². The largest absolute Gasteiger partial charge is 0.495 e. The van der Waals surface area contributed by atoms with E-state index in [1.807, 2.05) is 0 Å². The third-order valence-electron chi connectivity index (χ3n) is 4.70. The normalized spacial score (nSPS) is 17.7. The summed E-state index contributed by atoms with van der Waals surface area (Å²) >= 11 is 9.22. The topological polar surface area (TPSA) is 75.7 Å². The average Bonchev–Trinajstić information content (AvgIpc) is 2.70. The molecule has 10 heteroatoms. The predicted octanol–water partition coefficient (Wildman–Crippen LogP) is 4.29. The maximum absolute atomic E-state index is 14.0. The number of carbonyl (C=O) groups is 1. The molecule has 0 radical (unpaired) electrons. The first kappa shape index (κ1) is 22.0. The second-order valence-electron chi connectivity index (χ2n) is 6.61. The highest BCUT2D eigenvalue weighted by atomic mass is 79.9. The van der Waals surface area contributed by atoms with Crippen molar-refractivity contribution in [1.29, 1.82) is 0 Å². The van der Waals surface area contributed by atoms with Gasteiger partial charge in [0.15, 0.2) is 0 Å². The number of methoxy groups -OCH3 is 1. The van der Waals surface area contributed by atoms with E-state index in [1.54, 1.807) is 6.07 Å². The summed E-state index contributed by atoms with van der Waals surface area (Å²) in [6.07, 6.45) is 1.03. The van der Waals surface area contributed by atoms with E-state index >= 15 is 0 Å². The van der Waals surface area contributed by atoms with Crippen LogP contribution in [0.15, 0.2) is 45.8 Å². The van der Waals surface area contributed by atoms with E-state index in [9.17, 15) is 17.6 Å². The van der Waals surface area contributed by atoms with Crippen molar-refractivity contribution in [2.45, 2.75) is 17.7 Å². The first-order valence-corrected chi connectivity index (χ1v) is 11.4. The quantitative estimate of drug-likeness (QED) is 0.658. The minimum Gasteiger partial charge on any atom is -0.495 e. The number of amides is 1. The van der Waals surface area contributed by atoms with Crippen LogP contribution in [-0.2, 0) is 14.8 Å². The Morgan fingerprint density at radius 1 is 1.31 bits per heavy atom. The van der Waals surface area contributed by atoms with Crippen LogP contribution in [0.2, 0.25) is 5.02 Å². The Morgan fingerprint density at radius 2 is 2.07 bits per heavy atom. The van der Waals surface area contributed by atoms with E-state index < -0.39 is 27.7 Å². The Balaban J connectivity index is 1.75. The lowest BCUT2D eigenvalue weighted by atomic mass is 9.98. The summed E-state index contributed by atoms with van der Waals surface area (Å²) in [5.74, 6) is -1.20. The van der Waals surface area contributed by atoms with Gasteiger partial charge in [-0.15, -0.1) is 0 Å². The van der Waals surface area contributed by atoms with Crippen molar-refractivity contribution in [3.8, 4) is 5.75 Å². The average molecular weight is 506 g/mol. The van der Waals surface area contributed by atoms with E-state index in [-0.39, 0.29) is 22.2 Å². The van der Waals surface area contributed by atoms with Crippen molar-refractivity contribution in [3.05, 3.63) is 51.7 Å². The summed E-state index contributed by atoms with van der Waals surface area (Å²) < 4.78 is 46.8. The fourth-order valence-corrected chi connectivity index (χ4v) is 5.36. The van der Waals surface area contributed by atoms with Crippen LogP contribution in [0.5, 0.6) is 5.75 Å². The third kappa shape index (κ3) is 4.91. The monoisotopic (exact) mass is 504 g/mol. The molecular weight excluding hydrogens is 487 g/mol. The van der Waals surface area contributed by atoms with Crippen molar-refractivity contribution in [2.24, 2.45) is 5.92 Å². The van der Waals surface area contributed by atoms with Crippen LogP contribution < -0.4 is 10.1 Å². The number of halogens is 3. The number of hydrogen-bond acceptors (Lipinski definition) is 4. The minimum atomic E-state index is -3.83. The minimum absolute atomic E-state index is 0.00988. The first-order chi connectivity index (χ1) is 13.7. The number of anilines is 1. The van der Waals surface area contributed by atoms with E-state index in [2.05, 4.69) is 21.2 Å².